The number of H-pyrrole nitrogens is 1. The predicted octanol–water partition coefficient (Wildman–Crippen LogP) is 5.14. The molecular formula is C26H20ClN3O3. The smallest absolute Gasteiger partial charge is 0.325 e. The molecule has 4 aromatic rings. The molecule has 7 heteroatoms. The molecule has 0 radical (unpaired) electrons. The minimum absolute atomic E-state index is 0.324. The molecule has 0 unspecified atom stereocenters. The summed E-state index contributed by atoms with van der Waals surface area (Å²) in [5.74, 6) is -0.806. The summed E-state index contributed by atoms with van der Waals surface area (Å²) in [4.78, 5) is 43.9. The topological polar surface area (TPSA) is 82.3 Å². The maximum atomic E-state index is 13.5. The summed E-state index contributed by atoms with van der Waals surface area (Å²) in [6.45, 7) is 1.26. The van der Waals surface area contributed by atoms with Gasteiger partial charge in [-0.2, -0.15) is 0 Å². The zero-order valence-corrected chi connectivity index (χ0v) is 18.5. The number of carbonyl (C=O) groups is 3. The number of amides is 3. The third-order valence-corrected chi connectivity index (χ3v) is 6.30. The number of benzene rings is 3. The van der Waals surface area contributed by atoms with Crippen molar-refractivity contribution in [2.75, 3.05) is 6.54 Å². The first kappa shape index (κ1) is 21.0. The molecule has 1 saturated heterocycles. The van der Waals surface area contributed by atoms with Gasteiger partial charge in [0.1, 0.15) is 5.54 Å². The van der Waals surface area contributed by atoms with Crippen molar-refractivity contribution in [2.45, 2.75) is 12.5 Å². The summed E-state index contributed by atoms with van der Waals surface area (Å²) in [7, 11) is 0. The SMILES string of the molecule is C[C@@]1(c2ccc(Cl)cc2)NC(=O)N(CC(=O)c2c(-c3ccccc3)[nH]c3ccccc23)C1=O. The van der Waals surface area contributed by atoms with Crippen LogP contribution < -0.4 is 5.32 Å². The number of imide groups is 1. The van der Waals surface area contributed by atoms with Crippen LogP contribution in [0, 0.1) is 0 Å². The Morgan fingerprint density at radius 3 is 2.33 bits per heavy atom. The molecule has 0 bridgehead atoms. The highest BCUT2D eigenvalue weighted by atomic mass is 35.5. The number of fused-ring (bicyclic) bond motifs is 1. The lowest BCUT2D eigenvalue weighted by Crippen LogP contribution is -2.41. The summed E-state index contributed by atoms with van der Waals surface area (Å²) in [5.41, 5.74) is 2.09. The number of nitrogens with zero attached hydrogens (tertiary/aromatic N) is 1. The van der Waals surface area contributed by atoms with Crippen LogP contribution in [0.25, 0.3) is 22.2 Å². The Kier molecular flexibility index (Phi) is 5.02. The van der Waals surface area contributed by atoms with Crippen LogP contribution in [-0.4, -0.2) is 34.2 Å². The van der Waals surface area contributed by atoms with Gasteiger partial charge in [-0.25, -0.2) is 4.79 Å². The van der Waals surface area contributed by atoms with Gasteiger partial charge in [-0.05, 0) is 36.2 Å². The first-order valence-electron chi connectivity index (χ1n) is 10.5. The molecule has 0 saturated carbocycles. The monoisotopic (exact) mass is 457 g/mol. The van der Waals surface area contributed by atoms with Crippen LogP contribution >= 0.6 is 11.6 Å². The van der Waals surface area contributed by atoms with Gasteiger partial charge in [-0.3, -0.25) is 14.5 Å². The molecule has 6 nitrogen and oxygen atoms in total. The van der Waals surface area contributed by atoms with E-state index in [0.29, 0.717) is 21.8 Å². The number of halogens is 1. The van der Waals surface area contributed by atoms with E-state index in [9.17, 15) is 14.4 Å². The van der Waals surface area contributed by atoms with E-state index in [-0.39, 0.29) is 12.3 Å². The van der Waals surface area contributed by atoms with E-state index in [0.717, 1.165) is 21.4 Å². The highest BCUT2D eigenvalue weighted by molar-refractivity contribution is 6.30. The second-order valence-electron chi connectivity index (χ2n) is 8.16. The highest BCUT2D eigenvalue weighted by Gasteiger charge is 2.49. The molecule has 0 aliphatic carbocycles. The van der Waals surface area contributed by atoms with E-state index < -0.39 is 17.5 Å². The number of hydrogen-bond acceptors (Lipinski definition) is 3. The van der Waals surface area contributed by atoms with Crippen molar-refractivity contribution in [3.05, 3.63) is 95.0 Å². The molecule has 0 spiro atoms. The molecule has 1 aliphatic heterocycles. The molecule has 1 aromatic heterocycles. The average Bonchev–Trinajstić information content (AvgIpc) is 3.31. The lowest BCUT2D eigenvalue weighted by Gasteiger charge is -2.22. The van der Waals surface area contributed by atoms with Gasteiger partial charge < -0.3 is 10.3 Å². The van der Waals surface area contributed by atoms with Gasteiger partial charge in [0.2, 0.25) is 0 Å². The molecule has 5 rings (SSSR count). The maximum Gasteiger partial charge on any atom is 0.325 e. The Labute approximate surface area is 195 Å². The third-order valence-electron chi connectivity index (χ3n) is 6.05. The quantitative estimate of drug-likeness (QED) is 0.321. The molecule has 2 heterocycles. The fourth-order valence-electron chi connectivity index (χ4n) is 4.30. The number of hydrogen-bond donors (Lipinski definition) is 2. The van der Waals surface area contributed by atoms with Crippen LogP contribution in [0.15, 0.2) is 78.9 Å². The van der Waals surface area contributed by atoms with E-state index in [1.807, 2.05) is 54.6 Å². The van der Waals surface area contributed by atoms with Gasteiger partial charge in [0.15, 0.2) is 5.78 Å². The number of aromatic nitrogens is 1. The lowest BCUT2D eigenvalue weighted by molar-refractivity contribution is -0.130. The fraction of sp³-hybridized carbons (Fsp3) is 0.115. The minimum Gasteiger partial charge on any atom is -0.354 e. The van der Waals surface area contributed by atoms with Gasteiger partial charge in [0.05, 0.1) is 17.8 Å². The van der Waals surface area contributed by atoms with Crippen molar-refractivity contribution in [3.8, 4) is 11.3 Å². The number of carbonyl (C=O) groups excluding carboxylic acids is 3. The zero-order chi connectivity index (χ0) is 23.2. The molecular weight excluding hydrogens is 438 g/mol. The van der Waals surface area contributed by atoms with Gasteiger partial charge in [-0.1, -0.05) is 72.3 Å². The Balaban J connectivity index is 1.51. The summed E-state index contributed by atoms with van der Waals surface area (Å²) in [5, 5.41) is 4.01. The van der Waals surface area contributed by atoms with Crippen LogP contribution in [0.5, 0.6) is 0 Å². The number of rotatable bonds is 5. The summed E-state index contributed by atoms with van der Waals surface area (Å²) in [6, 6.07) is 23.1. The average molecular weight is 458 g/mol. The third kappa shape index (κ3) is 3.49. The normalized spacial score (nSPS) is 18.1. The number of Topliss-reactive ketones (excluding diaryl/α,β-unsaturated/α-hetero) is 1. The second kappa shape index (κ2) is 7.90. The van der Waals surface area contributed by atoms with E-state index in [4.69, 9.17) is 11.6 Å². The summed E-state index contributed by atoms with van der Waals surface area (Å²) >= 11 is 5.97. The van der Waals surface area contributed by atoms with Crippen LogP contribution in [0.4, 0.5) is 4.79 Å². The standard InChI is InChI=1S/C26H20ClN3O3/c1-26(17-11-13-18(27)14-12-17)24(32)30(25(33)29-26)15-21(31)22-19-9-5-6-10-20(19)28-23(22)16-7-3-2-4-8-16/h2-14,28H,15H2,1H3,(H,29,33)/t26-/m0/s1. The lowest BCUT2D eigenvalue weighted by atomic mass is 9.92. The Morgan fingerprint density at radius 2 is 1.61 bits per heavy atom. The van der Waals surface area contributed by atoms with Crippen molar-refractivity contribution in [2.24, 2.45) is 0 Å². The Hall–Kier alpha value is -3.90. The first-order chi connectivity index (χ1) is 15.9. The Bertz CT molecular complexity index is 1400. The molecule has 1 aliphatic rings. The van der Waals surface area contributed by atoms with Crippen molar-refractivity contribution in [1.29, 1.82) is 0 Å². The van der Waals surface area contributed by atoms with Gasteiger partial charge in [0, 0.05) is 15.9 Å². The van der Waals surface area contributed by atoms with Crippen molar-refractivity contribution in [1.82, 2.24) is 15.2 Å². The molecule has 33 heavy (non-hydrogen) atoms. The Morgan fingerprint density at radius 1 is 0.939 bits per heavy atom. The number of urea groups is 1. The molecule has 164 valence electrons. The molecule has 3 amide bonds. The summed E-state index contributed by atoms with van der Waals surface area (Å²) < 4.78 is 0. The molecule has 2 N–H and O–H groups in total. The van der Waals surface area contributed by atoms with Crippen molar-refractivity contribution < 1.29 is 14.4 Å². The highest BCUT2D eigenvalue weighted by Crippen LogP contribution is 2.33. The van der Waals surface area contributed by atoms with Crippen LogP contribution in [0.2, 0.25) is 5.02 Å². The largest absolute Gasteiger partial charge is 0.354 e. The van der Waals surface area contributed by atoms with E-state index in [2.05, 4.69) is 10.3 Å². The van der Waals surface area contributed by atoms with Crippen LogP contribution in [0.3, 0.4) is 0 Å². The number of nitrogens with one attached hydrogen (secondary N) is 2. The number of aromatic amines is 1. The first-order valence-corrected chi connectivity index (χ1v) is 10.9. The van der Waals surface area contributed by atoms with E-state index >= 15 is 0 Å². The van der Waals surface area contributed by atoms with E-state index in [1.165, 1.54) is 0 Å². The fourth-order valence-corrected chi connectivity index (χ4v) is 4.42. The molecule has 1 atom stereocenters. The van der Waals surface area contributed by atoms with E-state index in [1.54, 1.807) is 31.2 Å². The predicted molar refractivity (Wildman–Crippen MR) is 127 cm³/mol. The van der Waals surface area contributed by atoms with Crippen molar-refractivity contribution in [3.63, 3.8) is 0 Å². The van der Waals surface area contributed by atoms with Gasteiger partial charge in [-0.15, -0.1) is 0 Å². The van der Waals surface area contributed by atoms with Gasteiger partial charge >= 0.3 is 6.03 Å². The number of para-hydroxylation sites is 1. The van der Waals surface area contributed by atoms with Crippen LogP contribution in [-0.2, 0) is 10.3 Å². The van der Waals surface area contributed by atoms with Gasteiger partial charge in [0.25, 0.3) is 5.91 Å². The maximum absolute atomic E-state index is 13.5. The van der Waals surface area contributed by atoms with Crippen LogP contribution in [0.1, 0.15) is 22.8 Å². The second-order valence-corrected chi connectivity index (χ2v) is 8.60. The summed E-state index contributed by atoms with van der Waals surface area (Å²) in [6.07, 6.45) is 0. The zero-order valence-electron chi connectivity index (χ0n) is 17.8. The molecule has 1 fully saturated rings. The van der Waals surface area contributed by atoms with Crippen molar-refractivity contribution >= 4 is 40.2 Å². The minimum atomic E-state index is -1.27. The number of ketones is 1. The molecule has 3 aromatic carbocycles.